The first-order valence-electron chi connectivity index (χ1n) is 11.4. The van der Waals surface area contributed by atoms with E-state index >= 15 is 0 Å². The summed E-state index contributed by atoms with van der Waals surface area (Å²) in [5, 5.41) is 0.568. The Bertz CT molecular complexity index is 1370. The van der Waals surface area contributed by atoms with Crippen molar-refractivity contribution in [3.8, 4) is 0 Å². The maximum absolute atomic E-state index is 13.8. The van der Waals surface area contributed by atoms with E-state index in [-0.39, 0.29) is 24.1 Å². The molecule has 3 aromatic carbocycles. The Morgan fingerprint density at radius 3 is 2.62 bits per heavy atom. The number of anilines is 1. The van der Waals surface area contributed by atoms with E-state index in [1.807, 2.05) is 71.3 Å². The zero-order valence-electron chi connectivity index (χ0n) is 19.0. The molecule has 0 saturated heterocycles. The zero-order valence-corrected chi connectivity index (χ0v) is 19.8. The number of benzene rings is 3. The number of nitrogens with one attached hydrogen (secondary N) is 1. The van der Waals surface area contributed by atoms with Gasteiger partial charge in [-0.3, -0.25) is 14.5 Å². The minimum absolute atomic E-state index is 0.0339. The van der Waals surface area contributed by atoms with Gasteiger partial charge in [0.25, 0.3) is 5.56 Å². The Kier molecular flexibility index (Phi) is 6.47. The van der Waals surface area contributed by atoms with E-state index in [2.05, 4.69) is 28.2 Å². The SMILES string of the molecule is CCN(CC(=O)N1c2ccccc2SC[C@H]1c1ccccc1)Cc1nc2ccccc2c(=O)[nH]1. The second-order valence-electron chi connectivity index (χ2n) is 8.30. The van der Waals surface area contributed by atoms with E-state index in [0.29, 0.717) is 29.8 Å². The second kappa shape index (κ2) is 9.83. The summed E-state index contributed by atoms with van der Waals surface area (Å²) in [5.41, 5.74) is 2.58. The van der Waals surface area contributed by atoms with Gasteiger partial charge in [-0.15, -0.1) is 11.8 Å². The maximum atomic E-state index is 13.8. The first kappa shape index (κ1) is 22.4. The van der Waals surface area contributed by atoms with Gasteiger partial charge in [-0.05, 0) is 36.4 Å². The normalized spacial score (nSPS) is 15.5. The lowest BCUT2D eigenvalue weighted by molar-refractivity contribution is -0.120. The summed E-state index contributed by atoms with van der Waals surface area (Å²) in [4.78, 5) is 38.8. The molecule has 0 unspecified atom stereocenters. The average molecular weight is 471 g/mol. The minimum Gasteiger partial charge on any atom is -0.309 e. The fraction of sp³-hybridized carbons (Fsp3) is 0.222. The lowest BCUT2D eigenvalue weighted by Crippen LogP contribution is -2.44. The number of thioether (sulfide) groups is 1. The molecule has 0 spiro atoms. The monoisotopic (exact) mass is 470 g/mol. The number of rotatable bonds is 6. The Morgan fingerprint density at radius 2 is 1.79 bits per heavy atom. The summed E-state index contributed by atoms with van der Waals surface area (Å²) >= 11 is 1.79. The van der Waals surface area contributed by atoms with E-state index in [9.17, 15) is 9.59 Å². The van der Waals surface area contributed by atoms with Crippen molar-refractivity contribution >= 4 is 34.3 Å². The Morgan fingerprint density at radius 1 is 1.06 bits per heavy atom. The van der Waals surface area contributed by atoms with Crippen LogP contribution < -0.4 is 10.5 Å². The molecule has 6 nitrogen and oxygen atoms in total. The van der Waals surface area contributed by atoms with Crippen LogP contribution >= 0.6 is 11.8 Å². The van der Waals surface area contributed by atoms with E-state index < -0.39 is 0 Å². The molecule has 1 N–H and O–H groups in total. The van der Waals surface area contributed by atoms with E-state index in [0.717, 1.165) is 21.9 Å². The molecule has 1 aromatic heterocycles. The van der Waals surface area contributed by atoms with Gasteiger partial charge in [-0.1, -0.05) is 61.5 Å². The first-order chi connectivity index (χ1) is 16.6. The molecular formula is C27H26N4O2S. The number of H-pyrrole nitrogens is 1. The number of likely N-dealkylation sites (N-methyl/N-ethyl adjacent to an activating group) is 1. The molecule has 7 heteroatoms. The molecule has 172 valence electrons. The predicted octanol–water partition coefficient (Wildman–Crippen LogP) is 4.63. The molecule has 2 heterocycles. The molecule has 34 heavy (non-hydrogen) atoms. The fourth-order valence-electron chi connectivity index (χ4n) is 4.39. The number of para-hydroxylation sites is 2. The molecule has 1 aliphatic rings. The van der Waals surface area contributed by atoms with Crippen LogP contribution in [0.25, 0.3) is 10.9 Å². The van der Waals surface area contributed by atoms with Crippen molar-refractivity contribution in [2.45, 2.75) is 24.4 Å². The van der Waals surface area contributed by atoms with Crippen LogP contribution in [0.3, 0.4) is 0 Å². The number of fused-ring (bicyclic) bond motifs is 2. The van der Waals surface area contributed by atoms with Crippen LogP contribution in [-0.2, 0) is 11.3 Å². The van der Waals surface area contributed by atoms with Crippen molar-refractivity contribution in [2.75, 3.05) is 23.7 Å². The highest BCUT2D eigenvalue weighted by atomic mass is 32.2. The van der Waals surface area contributed by atoms with Crippen molar-refractivity contribution in [3.05, 3.63) is 101 Å². The van der Waals surface area contributed by atoms with Gasteiger partial charge in [0.1, 0.15) is 5.82 Å². The van der Waals surface area contributed by atoms with Crippen molar-refractivity contribution in [1.29, 1.82) is 0 Å². The third-order valence-corrected chi connectivity index (χ3v) is 7.27. The van der Waals surface area contributed by atoms with Crippen LogP contribution in [-0.4, -0.2) is 39.6 Å². The topological polar surface area (TPSA) is 69.3 Å². The smallest absolute Gasteiger partial charge is 0.258 e. The molecule has 1 aliphatic heterocycles. The van der Waals surface area contributed by atoms with Crippen LogP contribution in [0.15, 0.2) is 88.6 Å². The van der Waals surface area contributed by atoms with Gasteiger partial charge in [0.05, 0.1) is 35.7 Å². The average Bonchev–Trinajstić information content (AvgIpc) is 2.88. The van der Waals surface area contributed by atoms with Gasteiger partial charge in [0.15, 0.2) is 0 Å². The summed E-state index contributed by atoms with van der Waals surface area (Å²) in [5.74, 6) is 1.40. The van der Waals surface area contributed by atoms with Gasteiger partial charge in [0.2, 0.25) is 5.91 Å². The molecule has 4 aromatic rings. The van der Waals surface area contributed by atoms with Crippen molar-refractivity contribution < 1.29 is 4.79 Å². The number of aromatic nitrogens is 2. The summed E-state index contributed by atoms with van der Waals surface area (Å²) in [7, 11) is 0. The summed E-state index contributed by atoms with van der Waals surface area (Å²) < 4.78 is 0. The van der Waals surface area contributed by atoms with E-state index in [4.69, 9.17) is 0 Å². The summed E-state index contributed by atoms with van der Waals surface area (Å²) in [6, 6.07) is 25.5. The van der Waals surface area contributed by atoms with E-state index in [1.165, 1.54) is 0 Å². The van der Waals surface area contributed by atoms with Crippen molar-refractivity contribution in [3.63, 3.8) is 0 Å². The van der Waals surface area contributed by atoms with Gasteiger partial charge in [-0.2, -0.15) is 0 Å². The first-order valence-corrected chi connectivity index (χ1v) is 12.4. The van der Waals surface area contributed by atoms with E-state index in [1.54, 1.807) is 17.8 Å². The van der Waals surface area contributed by atoms with Crippen molar-refractivity contribution in [1.82, 2.24) is 14.9 Å². The minimum atomic E-state index is -0.158. The van der Waals surface area contributed by atoms with Crippen LogP contribution in [0.2, 0.25) is 0 Å². The number of hydrogen-bond donors (Lipinski definition) is 1. The van der Waals surface area contributed by atoms with Gasteiger partial charge in [-0.25, -0.2) is 4.98 Å². The van der Waals surface area contributed by atoms with Gasteiger partial charge in [0, 0.05) is 10.6 Å². The molecule has 0 bridgehead atoms. The Hall–Kier alpha value is -3.42. The highest BCUT2D eigenvalue weighted by Gasteiger charge is 2.33. The van der Waals surface area contributed by atoms with Gasteiger partial charge < -0.3 is 9.88 Å². The number of hydrogen-bond acceptors (Lipinski definition) is 5. The Labute approximate surface area is 202 Å². The third kappa shape index (κ3) is 4.49. The molecule has 1 atom stereocenters. The highest BCUT2D eigenvalue weighted by molar-refractivity contribution is 7.99. The van der Waals surface area contributed by atoms with Gasteiger partial charge >= 0.3 is 0 Å². The maximum Gasteiger partial charge on any atom is 0.258 e. The zero-order chi connectivity index (χ0) is 23.5. The number of nitrogens with zero attached hydrogens (tertiary/aromatic N) is 3. The lowest BCUT2D eigenvalue weighted by atomic mass is 10.1. The third-order valence-electron chi connectivity index (χ3n) is 6.13. The molecule has 0 radical (unpaired) electrons. The molecule has 1 amide bonds. The number of carbonyl (C=O) groups excluding carboxylic acids is 1. The van der Waals surface area contributed by atoms with Crippen LogP contribution in [0, 0.1) is 0 Å². The quantitative estimate of drug-likeness (QED) is 0.445. The molecule has 0 fully saturated rings. The highest BCUT2D eigenvalue weighted by Crippen LogP contribution is 2.43. The lowest BCUT2D eigenvalue weighted by Gasteiger charge is -2.38. The number of carbonyl (C=O) groups is 1. The molecule has 0 aliphatic carbocycles. The largest absolute Gasteiger partial charge is 0.309 e. The molecular weight excluding hydrogens is 444 g/mol. The number of aromatic amines is 1. The standard InChI is InChI=1S/C27H26N4O2S/c1-2-30(16-25-28-21-13-7-6-12-20(21)27(33)29-25)17-26(32)31-22-14-8-9-15-24(22)34-18-23(31)19-10-4-3-5-11-19/h3-15,23H,2,16-18H2,1H3,(H,28,29,33)/t23-/m0/s1. The number of amides is 1. The summed E-state index contributed by atoms with van der Waals surface area (Å²) in [6.07, 6.45) is 0. The van der Waals surface area contributed by atoms with Crippen molar-refractivity contribution in [2.24, 2.45) is 0 Å². The second-order valence-corrected chi connectivity index (χ2v) is 9.36. The molecule has 0 saturated carbocycles. The Balaban J connectivity index is 1.42. The van der Waals surface area contributed by atoms with Crippen LogP contribution in [0.5, 0.6) is 0 Å². The summed E-state index contributed by atoms with van der Waals surface area (Å²) in [6.45, 7) is 3.29. The molecule has 5 rings (SSSR count). The predicted molar refractivity (Wildman–Crippen MR) is 137 cm³/mol. The fourth-order valence-corrected chi connectivity index (χ4v) is 5.55. The van der Waals surface area contributed by atoms with Crippen LogP contribution in [0.1, 0.15) is 24.4 Å². The van der Waals surface area contributed by atoms with Crippen LogP contribution in [0.4, 0.5) is 5.69 Å².